The fraction of sp³-hybridized carbons (Fsp3) is 0.667. The van der Waals surface area contributed by atoms with Crippen molar-refractivity contribution in [3.8, 4) is 0 Å². The summed E-state index contributed by atoms with van der Waals surface area (Å²) >= 11 is 5.95. The number of nitrogens with zero attached hydrogens (tertiary/aromatic N) is 3. The van der Waals surface area contributed by atoms with Crippen molar-refractivity contribution < 1.29 is 10.0 Å². The Balaban J connectivity index is 2.39. The van der Waals surface area contributed by atoms with Crippen molar-refractivity contribution in [2.45, 2.75) is 31.7 Å². The number of hydrogen-bond acceptors (Lipinski definition) is 6. The number of rotatable bonds is 4. The highest BCUT2D eigenvalue weighted by Crippen LogP contribution is 2.31. The van der Waals surface area contributed by atoms with E-state index in [4.69, 9.17) is 11.6 Å². The predicted molar refractivity (Wildman–Crippen MR) is 77.6 cm³/mol. The molecular weight excluding hydrogens is 300 g/mol. The summed E-state index contributed by atoms with van der Waals surface area (Å²) in [4.78, 5) is 22.3. The Kier molecular flexibility index (Phi) is 4.79. The molecule has 2 rings (SSSR count). The molecular formula is C12H17ClN4O4. The molecule has 1 saturated carbocycles. The first-order valence-electron chi connectivity index (χ1n) is 6.74. The molecule has 21 heavy (non-hydrogen) atoms. The minimum absolute atomic E-state index is 0.00276. The van der Waals surface area contributed by atoms with Gasteiger partial charge in [-0.25, -0.2) is 0 Å². The fourth-order valence-electron chi connectivity index (χ4n) is 2.64. The Morgan fingerprint density at radius 2 is 2.19 bits per heavy atom. The van der Waals surface area contributed by atoms with Crippen LogP contribution in [0.3, 0.4) is 0 Å². The van der Waals surface area contributed by atoms with Gasteiger partial charge in [0, 0.05) is 18.6 Å². The predicted octanol–water partition coefficient (Wildman–Crippen LogP) is 1.30. The molecule has 1 aromatic heterocycles. The second kappa shape index (κ2) is 6.40. The van der Waals surface area contributed by atoms with Crippen molar-refractivity contribution in [1.29, 1.82) is 0 Å². The van der Waals surface area contributed by atoms with Crippen LogP contribution < -0.4 is 10.9 Å². The number of anilines is 1. The van der Waals surface area contributed by atoms with Gasteiger partial charge in [0.2, 0.25) is 0 Å². The lowest BCUT2D eigenvalue weighted by Crippen LogP contribution is -2.37. The first-order chi connectivity index (χ1) is 9.95. The van der Waals surface area contributed by atoms with Crippen LogP contribution in [0.15, 0.2) is 4.79 Å². The molecule has 2 atom stereocenters. The molecule has 0 saturated heterocycles. The van der Waals surface area contributed by atoms with Gasteiger partial charge in [-0.3, -0.25) is 4.79 Å². The summed E-state index contributed by atoms with van der Waals surface area (Å²) in [7, 11) is 1.33. The third-order valence-electron chi connectivity index (χ3n) is 3.81. The Hall–Kier alpha value is -1.67. The minimum atomic E-state index is -0.725. The van der Waals surface area contributed by atoms with Crippen LogP contribution in [0.4, 0.5) is 11.5 Å². The van der Waals surface area contributed by atoms with Crippen molar-refractivity contribution in [2.75, 3.05) is 11.9 Å². The van der Waals surface area contributed by atoms with Gasteiger partial charge in [0.25, 0.3) is 0 Å². The van der Waals surface area contributed by atoms with E-state index in [1.165, 1.54) is 7.05 Å². The second-order valence-corrected chi connectivity index (χ2v) is 5.55. The van der Waals surface area contributed by atoms with E-state index in [0.717, 1.165) is 30.4 Å². The summed E-state index contributed by atoms with van der Waals surface area (Å²) in [5, 5.41) is 26.6. The number of nitro groups is 1. The Morgan fingerprint density at radius 1 is 1.52 bits per heavy atom. The van der Waals surface area contributed by atoms with E-state index in [2.05, 4.69) is 10.4 Å². The van der Waals surface area contributed by atoms with Crippen LogP contribution in [0.2, 0.25) is 5.02 Å². The molecule has 0 aromatic carbocycles. The second-order valence-electron chi connectivity index (χ2n) is 5.18. The van der Waals surface area contributed by atoms with E-state index in [1.54, 1.807) is 0 Å². The first-order valence-corrected chi connectivity index (χ1v) is 7.12. The molecule has 1 heterocycles. The molecule has 0 radical (unpaired) electrons. The molecule has 1 aliphatic rings. The molecule has 2 N–H and O–H groups in total. The molecule has 0 spiro atoms. The van der Waals surface area contributed by atoms with Crippen LogP contribution in [-0.4, -0.2) is 32.5 Å². The van der Waals surface area contributed by atoms with Gasteiger partial charge in [-0.1, -0.05) is 24.4 Å². The largest absolute Gasteiger partial charge is 0.409 e. The molecule has 0 amide bonds. The number of aryl methyl sites for hydroxylation is 1. The van der Waals surface area contributed by atoms with E-state index in [9.17, 15) is 20.0 Å². The zero-order valence-electron chi connectivity index (χ0n) is 11.6. The van der Waals surface area contributed by atoms with E-state index in [0.29, 0.717) is 0 Å². The molecule has 1 fully saturated rings. The lowest BCUT2D eigenvalue weighted by atomic mass is 9.85. The quantitative estimate of drug-likeness (QED) is 0.640. The highest BCUT2D eigenvalue weighted by atomic mass is 35.5. The number of nitrogens with one attached hydrogen (secondary N) is 1. The Labute approximate surface area is 125 Å². The average Bonchev–Trinajstić information content (AvgIpc) is 2.47. The van der Waals surface area contributed by atoms with Gasteiger partial charge in [-0.15, -0.1) is 4.68 Å². The SMILES string of the molecule is Cn1nc([N+](=O)[O-])c(Cl)c(N[C@@H]2CCCC[C@H]2CO)c1=O. The van der Waals surface area contributed by atoms with E-state index in [-0.39, 0.29) is 29.3 Å². The number of halogens is 1. The van der Waals surface area contributed by atoms with Crippen LogP contribution >= 0.6 is 11.6 Å². The molecule has 0 aliphatic heterocycles. The van der Waals surface area contributed by atoms with Gasteiger partial charge >= 0.3 is 11.4 Å². The number of aromatic nitrogens is 2. The monoisotopic (exact) mass is 316 g/mol. The molecule has 9 heteroatoms. The van der Waals surface area contributed by atoms with E-state index < -0.39 is 16.3 Å². The lowest BCUT2D eigenvalue weighted by molar-refractivity contribution is -0.390. The third-order valence-corrected chi connectivity index (χ3v) is 4.17. The topological polar surface area (TPSA) is 110 Å². The van der Waals surface area contributed by atoms with Crippen molar-refractivity contribution >= 4 is 23.1 Å². The number of hydrogen-bond donors (Lipinski definition) is 2. The lowest BCUT2D eigenvalue weighted by Gasteiger charge is -2.31. The minimum Gasteiger partial charge on any atom is -0.396 e. The van der Waals surface area contributed by atoms with Crippen LogP contribution in [0.5, 0.6) is 0 Å². The standard InChI is InChI=1S/C12H17ClN4O4/c1-16-12(19)10(9(13)11(15-16)17(20)21)14-8-5-3-2-4-7(8)6-18/h7-8,14,18H,2-6H2,1H3/t7-,8+/m0/s1. The molecule has 0 bridgehead atoms. The van der Waals surface area contributed by atoms with Crippen molar-refractivity contribution in [3.05, 3.63) is 25.5 Å². The summed E-state index contributed by atoms with van der Waals surface area (Å²) < 4.78 is 0.892. The smallest absolute Gasteiger partial charge is 0.396 e. The summed E-state index contributed by atoms with van der Waals surface area (Å²) in [5.41, 5.74) is -0.543. The summed E-state index contributed by atoms with van der Waals surface area (Å²) in [6, 6.07) is -0.129. The maximum absolute atomic E-state index is 12.1. The summed E-state index contributed by atoms with van der Waals surface area (Å²) in [6.45, 7) is 0.00276. The molecule has 116 valence electrons. The molecule has 8 nitrogen and oxygen atoms in total. The third kappa shape index (κ3) is 3.16. The normalized spacial score (nSPS) is 22.0. The van der Waals surface area contributed by atoms with Gasteiger partial charge in [-0.2, -0.15) is 0 Å². The first kappa shape index (κ1) is 15.7. The zero-order valence-corrected chi connectivity index (χ0v) is 12.3. The zero-order chi connectivity index (χ0) is 15.6. The van der Waals surface area contributed by atoms with E-state index >= 15 is 0 Å². The maximum atomic E-state index is 12.1. The van der Waals surface area contributed by atoms with Gasteiger partial charge in [0.15, 0.2) is 5.02 Å². The van der Waals surface area contributed by atoms with Gasteiger partial charge in [-0.05, 0) is 17.8 Å². The van der Waals surface area contributed by atoms with Crippen molar-refractivity contribution in [2.24, 2.45) is 13.0 Å². The Bertz CT molecular complexity index is 604. The fourth-order valence-corrected chi connectivity index (χ4v) is 2.88. The average molecular weight is 317 g/mol. The van der Waals surface area contributed by atoms with E-state index in [1.807, 2.05) is 0 Å². The highest BCUT2D eigenvalue weighted by molar-refractivity contribution is 6.34. The summed E-state index contributed by atoms with van der Waals surface area (Å²) in [5.74, 6) is -0.552. The van der Waals surface area contributed by atoms with Crippen LogP contribution in [0, 0.1) is 16.0 Å². The molecule has 1 aliphatic carbocycles. The van der Waals surface area contributed by atoms with Crippen molar-refractivity contribution in [3.63, 3.8) is 0 Å². The highest BCUT2D eigenvalue weighted by Gasteiger charge is 2.29. The van der Waals surface area contributed by atoms with Gasteiger partial charge < -0.3 is 20.5 Å². The number of aliphatic hydroxyl groups excluding tert-OH is 1. The van der Waals surface area contributed by atoms with Crippen molar-refractivity contribution in [1.82, 2.24) is 9.78 Å². The van der Waals surface area contributed by atoms with Gasteiger partial charge in [0.1, 0.15) is 5.69 Å². The maximum Gasteiger partial charge on any atom is 0.409 e. The number of aliphatic hydroxyl groups is 1. The van der Waals surface area contributed by atoms with Gasteiger partial charge in [0.05, 0.1) is 12.1 Å². The Morgan fingerprint density at radius 3 is 2.81 bits per heavy atom. The molecule has 1 aromatic rings. The van der Waals surface area contributed by atoms with Crippen LogP contribution in [-0.2, 0) is 7.05 Å². The van der Waals surface area contributed by atoms with Crippen LogP contribution in [0.1, 0.15) is 25.7 Å². The van der Waals surface area contributed by atoms with Crippen LogP contribution in [0.25, 0.3) is 0 Å². The summed E-state index contributed by atoms with van der Waals surface area (Å²) in [6.07, 6.45) is 3.62. The molecule has 0 unspecified atom stereocenters.